The second-order valence-corrected chi connectivity index (χ2v) is 8.85. The Morgan fingerprint density at radius 2 is 1.59 bits per heavy atom. The normalized spacial score (nSPS) is 11.9. The Morgan fingerprint density at radius 1 is 0.853 bits per heavy atom. The first-order valence-corrected chi connectivity index (χ1v) is 12.2. The Kier molecular flexibility index (Phi) is 8.11. The Balaban J connectivity index is 1.50. The van der Waals surface area contributed by atoms with Crippen LogP contribution in [0.2, 0.25) is 0 Å². The van der Waals surface area contributed by atoms with Crippen molar-refractivity contribution in [1.29, 1.82) is 0 Å². The van der Waals surface area contributed by atoms with Crippen LogP contribution in [0.25, 0.3) is 10.8 Å². The number of unbranched alkanes of at least 4 members (excludes halogenated alkanes) is 1. The summed E-state index contributed by atoms with van der Waals surface area (Å²) in [5.41, 5.74) is 5.33. The lowest BCUT2D eigenvalue weighted by Crippen LogP contribution is -2.20. The van der Waals surface area contributed by atoms with Crippen molar-refractivity contribution in [2.24, 2.45) is 0 Å². The highest BCUT2D eigenvalue weighted by molar-refractivity contribution is 5.99. The summed E-state index contributed by atoms with van der Waals surface area (Å²) >= 11 is 0. The van der Waals surface area contributed by atoms with Gasteiger partial charge in [0.2, 0.25) is 5.91 Å². The van der Waals surface area contributed by atoms with E-state index in [0.29, 0.717) is 13.2 Å². The first-order chi connectivity index (χ1) is 16.7. The van der Waals surface area contributed by atoms with Crippen LogP contribution in [-0.2, 0) is 29.2 Å². The summed E-state index contributed by atoms with van der Waals surface area (Å²) in [6, 6.07) is 30.9. The van der Waals surface area contributed by atoms with Crippen molar-refractivity contribution in [1.82, 2.24) is 0 Å². The average molecular weight is 452 g/mol. The van der Waals surface area contributed by atoms with Crippen molar-refractivity contribution in [3.63, 3.8) is 0 Å². The van der Waals surface area contributed by atoms with Gasteiger partial charge in [-0.15, -0.1) is 0 Å². The van der Waals surface area contributed by atoms with Crippen LogP contribution in [0, 0.1) is 0 Å². The van der Waals surface area contributed by atoms with E-state index in [1.54, 1.807) is 0 Å². The Labute approximate surface area is 202 Å². The summed E-state index contributed by atoms with van der Waals surface area (Å²) < 4.78 is 5.94. The zero-order valence-corrected chi connectivity index (χ0v) is 20.1. The largest absolute Gasteiger partial charge is 0.372 e. The summed E-state index contributed by atoms with van der Waals surface area (Å²) in [7, 11) is 0. The molecule has 0 aliphatic heterocycles. The van der Waals surface area contributed by atoms with Gasteiger partial charge in [-0.05, 0) is 58.9 Å². The van der Waals surface area contributed by atoms with Crippen LogP contribution < -0.4 is 5.32 Å². The molecule has 1 unspecified atom stereocenters. The number of fused-ring (bicyclic) bond motifs is 1. The number of amides is 1. The molecule has 3 nitrogen and oxygen atoms in total. The number of aryl methyl sites for hydroxylation is 1. The highest BCUT2D eigenvalue weighted by atomic mass is 16.5. The summed E-state index contributed by atoms with van der Waals surface area (Å²) in [5, 5.41) is 5.52. The van der Waals surface area contributed by atoms with Gasteiger partial charge in [0.05, 0.1) is 19.1 Å². The lowest BCUT2D eigenvalue weighted by molar-refractivity contribution is -0.117. The molecule has 0 spiro atoms. The summed E-state index contributed by atoms with van der Waals surface area (Å²) in [6.07, 6.45) is 3.15. The van der Waals surface area contributed by atoms with Gasteiger partial charge >= 0.3 is 0 Å². The molecule has 34 heavy (non-hydrogen) atoms. The molecular formula is C31H33NO2. The number of benzene rings is 4. The van der Waals surface area contributed by atoms with Gasteiger partial charge in [0.25, 0.3) is 0 Å². The minimum absolute atomic E-state index is 0.0106. The van der Waals surface area contributed by atoms with Gasteiger partial charge < -0.3 is 10.1 Å². The first-order valence-electron chi connectivity index (χ1n) is 12.2. The number of hydrogen-bond acceptors (Lipinski definition) is 2. The predicted molar refractivity (Wildman–Crippen MR) is 141 cm³/mol. The molecule has 1 amide bonds. The number of nitrogens with one attached hydrogen (secondary N) is 1. The fourth-order valence-electron chi connectivity index (χ4n) is 4.29. The molecular weight excluding hydrogens is 418 g/mol. The van der Waals surface area contributed by atoms with Crippen molar-refractivity contribution in [3.8, 4) is 0 Å². The number of carbonyl (C=O) groups excluding carboxylic acids is 1. The summed E-state index contributed by atoms with van der Waals surface area (Å²) in [6.45, 7) is 5.24. The second-order valence-electron chi connectivity index (χ2n) is 8.85. The molecule has 0 bridgehead atoms. The Morgan fingerprint density at radius 3 is 2.41 bits per heavy atom. The number of hydrogen-bond donors (Lipinski definition) is 1. The number of carbonyl (C=O) groups is 1. The van der Waals surface area contributed by atoms with E-state index in [1.807, 2.05) is 43.3 Å². The van der Waals surface area contributed by atoms with Gasteiger partial charge in [-0.25, -0.2) is 0 Å². The van der Waals surface area contributed by atoms with E-state index in [1.165, 1.54) is 5.56 Å². The molecule has 0 aliphatic rings. The van der Waals surface area contributed by atoms with Gasteiger partial charge in [0.1, 0.15) is 0 Å². The third-order valence-electron chi connectivity index (χ3n) is 6.30. The van der Waals surface area contributed by atoms with Crippen LogP contribution in [0.5, 0.6) is 0 Å². The van der Waals surface area contributed by atoms with Gasteiger partial charge in [-0.1, -0.05) is 98.3 Å². The fraction of sp³-hybridized carbons (Fsp3) is 0.258. The monoisotopic (exact) mass is 451 g/mol. The molecule has 0 radical (unpaired) electrons. The van der Waals surface area contributed by atoms with E-state index in [2.05, 4.69) is 66.8 Å². The molecule has 0 aromatic heterocycles. The quantitative estimate of drug-likeness (QED) is 0.269. The topological polar surface area (TPSA) is 38.3 Å². The molecule has 0 saturated heterocycles. The third-order valence-corrected chi connectivity index (χ3v) is 6.30. The van der Waals surface area contributed by atoms with Gasteiger partial charge in [-0.2, -0.15) is 0 Å². The molecule has 0 saturated carbocycles. The molecule has 174 valence electrons. The molecule has 4 rings (SSSR count). The fourth-order valence-corrected chi connectivity index (χ4v) is 4.29. The molecule has 4 aromatic rings. The van der Waals surface area contributed by atoms with Crippen LogP contribution in [0.3, 0.4) is 0 Å². The smallest absolute Gasteiger partial charge is 0.231 e. The van der Waals surface area contributed by atoms with Crippen LogP contribution in [0.4, 0.5) is 5.69 Å². The van der Waals surface area contributed by atoms with Crippen molar-refractivity contribution in [2.45, 2.75) is 52.2 Å². The Bertz CT molecular complexity index is 1230. The van der Waals surface area contributed by atoms with Crippen LogP contribution in [-0.4, -0.2) is 5.91 Å². The van der Waals surface area contributed by atoms with Crippen molar-refractivity contribution >= 4 is 22.4 Å². The van der Waals surface area contributed by atoms with Crippen molar-refractivity contribution < 1.29 is 9.53 Å². The number of ether oxygens (including phenoxy) is 1. The summed E-state index contributed by atoms with van der Waals surface area (Å²) in [4.78, 5) is 13.4. The third kappa shape index (κ3) is 5.92. The predicted octanol–water partition coefficient (Wildman–Crippen LogP) is 7.64. The van der Waals surface area contributed by atoms with E-state index in [-0.39, 0.29) is 11.8 Å². The highest BCUT2D eigenvalue weighted by Crippen LogP contribution is 2.28. The molecule has 1 atom stereocenters. The molecule has 0 fully saturated rings. The van der Waals surface area contributed by atoms with E-state index < -0.39 is 0 Å². The standard InChI is InChI=1S/C31H33NO2/c1-3-4-13-27-19-18-25(22-34-21-24-11-6-5-7-12-24)20-30(27)32-31(33)23(2)28-17-10-15-26-14-8-9-16-29(26)28/h5-12,14-20,23H,3-4,13,21-22H2,1-2H3,(H,32,33). The maximum Gasteiger partial charge on any atom is 0.231 e. The van der Waals surface area contributed by atoms with E-state index >= 15 is 0 Å². The van der Waals surface area contributed by atoms with Gasteiger partial charge in [0, 0.05) is 5.69 Å². The van der Waals surface area contributed by atoms with Crippen LogP contribution in [0.1, 0.15) is 54.9 Å². The zero-order chi connectivity index (χ0) is 23.8. The SMILES string of the molecule is CCCCc1ccc(COCc2ccccc2)cc1NC(=O)C(C)c1cccc2ccccc12. The molecule has 0 heterocycles. The van der Waals surface area contributed by atoms with E-state index in [4.69, 9.17) is 4.74 Å². The first kappa shape index (κ1) is 23.7. The van der Waals surface area contributed by atoms with E-state index in [9.17, 15) is 4.79 Å². The number of anilines is 1. The maximum atomic E-state index is 13.4. The second kappa shape index (κ2) is 11.6. The van der Waals surface area contributed by atoms with Crippen LogP contribution in [0.15, 0.2) is 91.0 Å². The summed E-state index contributed by atoms with van der Waals surface area (Å²) in [5.74, 6) is -0.250. The minimum atomic E-state index is -0.261. The minimum Gasteiger partial charge on any atom is -0.372 e. The lowest BCUT2D eigenvalue weighted by atomic mass is 9.94. The van der Waals surface area contributed by atoms with Gasteiger partial charge in [-0.3, -0.25) is 4.79 Å². The Hall–Kier alpha value is -3.43. The van der Waals surface area contributed by atoms with Gasteiger partial charge in [0.15, 0.2) is 0 Å². The molecule has 4 aromatic carbocycles. The molecule has 3 heteroatoms. The van der Waals surface area contributed by atoms with E-state index in [0.717, 1.165) is 52.4 Å². The zero-order valence-electron chi connectivity index (χ0n) is 20.1. The van der Waals surface area contributed by atoms with Crippen LogP contribution >= 0.6 is 0 Å². The maximum absolute atomic E-state index is 13.4. The molecule has 0 aliphatic carbocycles. The average Bonchev–Trinajstić information content (AvgIpc) is 2.88. The van der Waals surface area contributed by atoms with Crippen molar-refractivity contribution in [3.05, 3.63) is 113 Å². The highest BCUT2D eigenvalue weighted by Gasteiger charge is 2.19. The van der Waals surface area contributed by atoms with Crippen molar-refractivity contribution in [2.75, 3.05) is 5.32 Å². The molecule has 1 N–H and O–H groups in total. The lowest BCUT2D eigenvalue weighted by Gasteiger charge is -2.18. The number of rotatable bonds is 10.